The van der Waals surface area contributed by atoms with Crippen molar-refractivity contribution in [2.75, 3.05) is 38.8 Å². The Hall–Kier alpha value is -0.810. The second-order valence-corrected chi connectivity index (χ2v) is 5.20. The summed E-state index contributed by atoms with van der Waals surface area (Å²) in [5, 5.41) is 0.741. The molecule has 2 unspecified atom stereocenters. The molecule has 0 aromatic heterocycles. The third-order valence-electron chi connectivity index (χ3n) is 3.62. The molecule has 1 aliphatic heterocycles. The monoisotopic (exact) mass is 284 g/mol. The molecular formula is C14H21ClN2O2. The molecule has 1 aliphatic rings. The molecule has 1 saturated heterocycles. The second kappa shape index (κ2) is 6.57. The first-order chi connectivity index (χ1) is 9.19. The van der Waals surface area contributed by atoms with Gasteiger partial charge in [0.15, 0.2) is 0 Å². The molecule has 0 aliphatic carbocycles. The number of benzene rings is 1. The summed E-state index contributed by atoms with van der Waals surface area (Å²) in [5.74, 6) is 0. The molecule has 0 amide bonds. The standard InChI is InChI=1S/C14H21ClN2O2/c1-18-13-8-17(9-14(13)19-2)12-7-11(15)4-3-10(12)5-6-16/h3-4,7,13-14H,5-6,8-9,16H2,1-2H3. The van der Waals surface area contributed by atoms with Gasteiger partial charge in [0, 0.05) is 38.0 Å². The van der Waals surface area contributed by atoms with Crippen molar-refractivity contribution in [2.45, 2.75) is 18.6 Å². The first-order valence-corrected chi connectivity index (χ1v) is 6.86. The predicted octanol–water partition coefficient (Wildman–Crippen LogP) is 1.69. The van der Waals surface area contributed by atoms with Gasteiger partial charge in [-0.2, -0.15) is 0 Å². The van der Waals surface area contributed by atoms with Gasteiger partial charge in [0.25, 0.3) is 0 Å². The Kier molecular flexibility index (Phi) is 5.05. The van der Waals surface area contributed by atoms with Crippen LogP contribution in [-0.2, 0) is 15.9 Å². The van der Waals surface area contributed by atoms with E-state index in [9.17, 15) is 0 Å². The van der Waals surface area contributed by atoms with E-state index in [2.05, 4.69) is 4.90 Å². The van der Waals surface area contributed by atoms with Crippen LogP contribution in [0.2, 0.25) is 5.02 Å². The Labute approximate surface area is 119 Å². The number of hydrogen-bond acceptors (Lipinski definition) is 4. The molecule has 1 aromatic rings. The minimum atomic E-state index is 0.0923. The lowest BCUT2D eigenvalue weighted by Gasteiger charge is -2.22. The van der Waals surface area contributed by atoms with E-state index in [-0.39, 0.29) is 12.2 Å². The van der Waals surface area contributed by atoms with Gasteiger partial charge in [-0.3, -0.25) is 0 Å². The number of ether oxygens (including phenoxy) is 2. The highest BCUT2D eigenvalue weighted by Crippen LogP contribution is 2.29. The van der Waals surface area contributed by atoms with Crippen LogP contribution in [0.3, 0.4) is 0 Å². The van der Waals surface area contributed by atoms with Crippen LogP contribution in [-0.4, -0.2) is 46.1 Å². The van der Waals surface area contributed by atoms with Gasteiger partial charge in [-0.15, -0.1) is 0 Å². The van der Waals surface area contributed by atoms with Crippen LogP contribution in [0.4, 0.5) is 5.69 Å². The summed E-state index contributed by atoms with van der Waals surface area (Å²) >= 11 is 6.12. The first kappa shape index (κ1) is 14.6. The Balaban J connectivity index is 2.24. The number of halogens is 1. The molecule has 2 N–H and O–H groups in total. The Morgan fingerprint density at radius 3 is 2.42 bits per heavy atom. The Morgan fingerprint density at radius 1 is 1.26 bits per heavy atom. The number of anilines is 1. The zero-order chi connectivity index (χ0) is 13.8. The summed E-state index contributed by atoms with van der Waals surface area (Å²) in [5.41, 5.74) is 8.03. The van der Waals surface area contributed by atoms with E-state index in [1.54, 1.807) is 14.2 Å². The van der Waals surface area contributed by atoms with Gasteiger partial charge in [0.2, 0.25) is 0 Å². The molecular weight excluding hydrogens is 264 g/mol. The van der Waals surface area contributed by atoms with Crippen molar-refractivity contribution < 1.29 is 9.47 Å². The van der Waals surface area contributed by atoms with Gasteiger partial charge in [-0.05, 0) is 30.7 Å². The largest absolute Gasteiger partial charge is 0.377 e. The van der Waals surface area contributed by atoms with Gasteiger partial charge < -0.3 is 20.1 Å². The van der Waals surface area contributed by atoms with E-state index < -0.39 is 0 Å². The van der Waals surface area contributed by atoms with Gasteiger partial charge in [-0.1, -0.05) is 17.7 Å². The van der Waals surface area contributed by atoms with Crippen molar-refractivity contribution in [1.29, 1.82) is 0 Å². The maximum atomic E-state index is 6.12. The zero-order valence-electron chi connectivity index (χ0n) is 11.4. The number of nitrogens with zero attached hydrogens (tertiary/aromatic N) is 1. The lowest BCUT2D eigenvalue weighted by atomic mass is 10.1. The van der Waals surface area contributed by atoms with Crippen LogP contribution in [0.1, 0.15) is 5.56 Å². The van der Waals surface area contributed by atoms with Crippen molar-refractivity contribution in [3.63, 3.8) is 0 Å². The van der Waals surface area contributed by atoms with E-state index in [0.29, 0.717) is 6.54 Å². The fourth-order valence-electron chi connectivity index (χ4n) is 2.59. The van der Waals surface area contributed by atoms with Gasteiger partial charge >= 0.3 is 0 Å². The molecule has 4 nitrogen and oxygen atoms in total. The highest BCUT2D eigenvalue weighted by atomic mass is 35.5. The summed E-state index contributed by atoms with van der Waals surface area (Å²) in [7, 11) is 3.44. The van der Waals surface area contributed by atoms with Crippen molar-refractivity contribution in [3.05, 3.63) is 28.8 Å². The normalized spacial score (nSPS) is 23.1. The first-order valence-electron chi connectivity index (χ1n) is 6.48. The molecule has 2 rings (SSSR count). The third-order valence-corrected chi connectivity index (χ3v) is 3.86. The molecule has 2 atom stereocenters. The van der Waals surface area contributed by atoms with E-state index in [1.165, 1.54) is 5.56 Å². The van der Waals surface area contributed by atoms with E-state index in [4.69, 9.17) is 26.8 Å². The van der Waals surface area contributed by atoms with Gasteiger partial charge in [0.05, 0.1) is 0 Å². The average molecular weight is 285 g/mol. The molecule has 0 spiro atoms. The van der Waals surface area contributed by atoms with Crippen LogP contribution >= 0.6 is 11.6 Å². The summed E-state index contributed by atoms with van der Waals surface area (Å²) in [4.78, 5) is 2.26. The minimum Gasteiger partial charge on any atom is -0.377 e. The van der Waals surface area contributed by atoms with Crippen molar-refractivity contribution in [1.82, 2.24) is 0 Å². The van der Waals surface area contributed by atoms with E-state index in [0.717, 1.165) is 30.2 Å². The predicted molar refractivity (Wildman–Crippen MR) is 78.0 cm³/mol. The average Bonchev–Trinajstić information content (AvgIpc) is 2.84. The summed E-state index contributed by atoms with van der Waals surface area (Å²) in [6.07, 6.45) is 1.03. The Bertz CT molecular complexity index is 416. The molecule has 1 heterocycles. The Morgan fingerprint density at radius 2 is 1.89 bits per heavy atom. The van der Waals surface area contributed by atoms with Gasteiger partial charge in [-0.25, -0.2) is 0 Å². The smallest absolute Gasteiger partial charge is 0.102 e. The molecule has 0 radical (unpaired) electrons. The SMILES string of the molecule is COC1CN(c2cc(Cl)ccc2CCN)CC1OC. The molecule has 19 heavy (non-hydrogen) atoms. The summed E-state index contributed by atoms with van der Waals surface area (Å²) in [6.45, 7) is 2.25. The molecule has 5 heteroatoms. The van der Waals surface area contributed by atoms with E-state index >= 15 is 0 Å². The number of nitrogens with two attached hydrogens (primary N) is 1. The number of rotatable bonds is 5. The van der Waals surface area contributed by atoms with E-state index in [1.807, 2.05) is 18.2 Å². The summed E-state index contributed by atoms with van der Waals surface area (Å²) in [6, 6.07) is 5.96. The summed E-state index contributed by atoms with van der Waals surface area (Å²) < 4.78 is 10.9. The van der Waals surface area contributed by atoms with Crippen LogP contribution in [0.25, 0.3) is 0 Å². The quantitative estimate of drug-likeness (QED) is 0.894. The lowest BCUT2D eigenvalue weighted by Crippen LogP contribution is -2.27. The lowest BCUT2D eigenvalue weighted by molar-refractivity contribution is -0.00461. The van der Waals surface area contributed by atoms with Crippen molar-refractivity contribution >= 4 is 17.3 Å². The van der Waals surface area contributed by atoms with Crippen LogP contribution in [0, 0.1) is 0 Å². The third kappa shape index (κ3) is 3.20. The molecule has 1 fully saturated rings. The van der Waals surface area contributed by atoms with Crippen LogP contribution in [0.15, 0.2) is 18.2 Å². The zero-order valence-corrected chi connectivity index (χ0v) is 12.2. The molecule has 1 aromatic carbocycles. The minimum absolute atomic E-state index is 0.0923. The number of methoxy groups -OCH3 is 2. The van der Waals surface area contributed by atoms with Crippen LogP contribution in [0.5, 0.6) is 0 Å². The maximum absolute atomic E-state index is 6.12. The topological polar surface area (TPSA) is 47.7 Å². The second-order valence-electron chi connectivity index (χ2n) is 4.77. The maximum Gasteiger partial charge on any atom is 0.102 e. The number of hydrogen-bond donors (Lipinski definition) is 1. The molecule has 0 bridgehead atoms. The fraction of sp³-hybridized carbons (Fsp3) is 0.571. The van der Waals surface area contributed by atoms with Gasteiger partial charge in [0.1, 0.15) is 12.2 Å². The molecule has 106 valence electrons. The van der Waals surface area contributed by atoms with Crippen molar-refractivity contribution in [2.24, 2.45) is 5.73 Å². The van der Waals surface area contributed by atoms with Crippen molar-refractivity contribution in [3.8, 4) is 0 Å². The highest BCUT2D eigenvalue weighted by molar-refractivity contribution is 6.30. The van der Waals surface area contributed by atoms with Crippen LogP contribution < -0.4 is 10.6 Å². The fourth-order valence-corrected chi connectivity index (χ4v) is 2.76. The molecule has 0 saturated carbocycles. The highest BCUT2D eigenvalue weighted by Gasteiger charge is 2.33.